The summed E-state index contributed by atoms with van der Waals surface area (Å²) >= 11 is 3.30. The molecule has 1 aromatic rings. The molecule has 78 valence electrons. The lowest BCUT2D eigenvalue weighted by Crippen LogP contribution is -2.08. The van der Waals surface area contributed by atoms with Crippen molar-refractivity contribution >= 4 is 18.6 Å². The summed E-state index contributed by atoms with van der Waals surface area (Å²) in [4.78, 5) is 10.3. The molecule has 1 aromatic carbocycles. The van der Waals surface area contributed by atoms with Gasteiger partial charge in [-0.2, -0.15) is 0 Å². The Hall–Kier alpha value is -1.24. The molecule has 6 heteroatoms. The van der Waals surface area contributed by atoms with Crippen LogP contribution in [-0.4, -0.2) is 26.8 Å². The summed E-state index contributed by atoms with van der Waals surface area (Å²) in [7, 11) is 0. The average Bonchev–Trinajstić information content (AvgIpc) is 2.03. The maximum Gasteiger partial charge on any atom is 0.339 e. The number of hydrogen-bond acceptors (Lipinski definition) is 5. The van der Waals surface area contributed by atoms with Crippen LogP contribution in [0.4, 0.5) is 0 Å². The molecule has 0 aliphatic carbocycles. The lowest BCUT2D eigenvalue weighted by atomic mass is 10.2. The molecule has 0 fully saturated rings. The summed E-state index contributed by atoms with van der Waals surface area (Å²) in [6, 6.07) is 5.81. The van der Waals surface area contributed by atoms with E-state index in [0.717, 1.165) is 0 Å². The minimum Gasteiger partial charge on any atom is -0.507 e. The topological polar surface area (TPSA) is 104 Å². The van der Waals surface area contributed by atoms with Crippen LogP contribution in [0.15, 0.2) is 24.3 Å². The zero-order valence-corrected chi connectivity index (χ0v) is 8.06. The van der Waals surface area contributed by atoms with Crippen LogP contribution < -0.4 is 5.73 Å². The third-order valence-electron chi connectivity index (χ3n) is 1.13. The number of thiol groups is 1. The molecule has 0 saturated carbocycles. The first-order valence-electron chi connectivity index (χ1n) is 3.58. The van der Waals surface area contributed by atoms with Gasteiger partial charge in [0.1, 0.15) is 16.9 Å². The number of para-hydroxylation sites is 1. The second-order valence-electron chi connectivity index (χ2n) is 2.24. The molecule has 0 amide bonds. The molecule has 1 atom stereocenters. The van der Waals surface area contributed by atoms with Gasteiger partial charge < -0.3 is 15.3 Å². The first kappa shape index (κ1) is 12.8. The Morgan fingerprint density at radius 2 is 1.86 bits per heavy atom. The van der Waals surface area contributed by atoms with Gasteiger partial charge in [-0.3, -0.25) is 5.73 Å². The van der Waals surface area contributed by atoms with Crippen molar-refractivity contribution in [2.24, 2.45) is 5.73 Å². The lowest BCUT2D eigenvalue weighted by Gasteiger charge is -1.95. The van der Waals surface area contributed by atoms with Gasteiger partial charge in [0.05, 0.1) is 0 Å². The van der Waals surface area contributed by atoms with Crippen LogP contribution in [-0.2, 0) is 0 Å². The first-order valence-corrected chi connectivity index (χ1v) is 4.09. The van der Waals surface area contributed by atoms with Gasteiger partial charge in [0.15, 0.2) is 0 Å². The van der Waals surface area contributed by atoms with Gasteiger partial charge in [-0.15, -0.1) is 12.6 Å². The summed E-state index contributed by atoms with van der Waals surface area (Å²) in [5.74, 6) is -1.31. The quantitative estimate of drug-likeness (QED) is 0.342. The van der Waals surface area contributed by atoms with Crippen molar-refractivity contribution in [2.75, 3.05) is 0 Å². The number of phenols is 1. The van der Waals surface area contributed by atoms with Crippen LogP contribution in [0.5, 0.6) is 5.75 Å². The molecule has 5 nitrogen and oxygen atoms in total. The van der Waals surface area contributed by atoms with Crippen molar-refractivity contribution in [1.82, 2.24) is 0 Å². The number of hydrogen-bond donors (Lipinski definition) is 5. The Morgan fingerprint density at radius 3 is 2.14 bits per heavy atom. The second-order valence-corrected chi connectivity index (χ2v) is 2.76. The monoisotopic (exact) mass is 217 g/mol. The fraction of sp³-hybridized carbons (Fsp3) is 0.125. The number of aromatic hydroxyl groups is 1. The molecule has 5 N–H and O–H groups in total. The Bertz CT molecular complexity index is 300. The van der Waals surface area contributed by atoms with Gasteiger partial charge in [0.2, 0.25) is 0 Å². The van der Waals surface area contributed by atoms with Crippen molar-refractivity contribution < 1.29 is 20.1 Å². The van der Waals surface area contributed by atoms with Gasteiger partial charge in [-0.25, -0.2) is 4.79 Å². The molecule has 0 spiro atoms. The van der Waals surface area contributed by atoms with E-state index >= 15 is 0 Å². The van der Waals surface area contributed by atoms with Gasteiger partial charge in [-0.1, -0.05) is 12.1 Å². The lowest BCUT2D eigenvalue weighted by molar-refractivity contribution is 0.0693. The first-order chi connectivity index (χ1) is 6.45. The Balaban J connectivity index is 0.000000364. The second kappa shape index (κ2) is 6.25. The molecular weight excluding hydrogens is 206 g/mol. The zero-order chi connectivity index (χ0) is 11.1. The maximum atomic E-state index is 10.3. The summed E-state index contributed by atoms with van der Waals surface area (Å²) in [6.45, 7) is 0. The molecule has 0 heterocycles. The third-order valence-corrected chi connectivity index (χ3v) is 1.13. The van der Waals surface area contributed by atoms with Crippen LogP contribution >= 0.6 is 12.6 Å². The van der Waals surface area contributed by atoms with E-state index < -0.39 is 11.5 Å². The van der Waals surface area contributed by atoms with E-state index in [1.807, 2.05) is 0 Å². The highest BCUT2D eigenvalue weighted by Crippen LogP contribution is 2.14. The van der Waals surface area contributed by atoms with Gasteiger partial charge in [-0.05, 0) is 12.1 Å². The van der Waals surface area contributed by atoms with Crippen molar-refractivity contribution in [3.63, 3.8) is 0 Å². The number of rotatable bonds is 1. The average molecular weight is 217 g/mol. The Labute approximate surface area is 86.2 Å². The zero-order valence-electron chi connectivity index (χ0n) is 7.16. The fourth-order valence-corrected chi connectivity index (χ4v) is 0.654. The van der Waals surface area contributed by atoms with E-state index in [0.29, 0.717) is 0 Å². The standard InChI is InChI=1S/C7H6O3.CH5NOS/c8-6-4-2-1-3-5(6)7(9)10;2-1(3)4/h1-4,8H,(H,9,10);1,3-4H,2H2. The molecule has 0 aliphatic rings. The van der Waals surface area contributed by atoms with Crippen molar-refractivity contribution in [1.29, 1.82) is 0 Å². The molecular formula is C8H11NO4S. The smallest absolute Gasteiger partial charge is 0.339 e. The molecule has 0 radical (unpaired) electrons. The van der Waals surface area contributed by atoms with Crippen molar-refractivity contribution in [3.8, 4) is 5.75 Å². The highest BCUT2D eigenvalue weighted by molar-refractivity contribution is 7.80. The van der Waals surface area contributed by atoms with E-state index in [-0.39, 0.29) is 11.3 Å². The van der Waals surface area contributed by atoms with E-state index in [1.165, 1.54) is 12.1 Å². The SMILES string of the molecule is NC(O)S.O=C(O)c1ccccc1O. The Kier molecular flexibility index (Phi) is 5.70. The molecule has 0 bridgehead atoms. The fourth-order valence-electron chi connectivity index (χ4n) is 0.654. The third kappa shape index (κ3) is 5.41. The van der Waals surface area contributed by atoms with Crippen LogP contribution in [0.25, 0.3) is 0 Å². The normalized spacial score (nSPS) is 11.1. The maximum absolute atomic E-state index is 10.3. The van der Waals surface area contributed by atoms with Crippen molar-refractivity contribution in [2.45, 2.75) is 5.56 Å². The predicted molar refractivity (Wildman–Crippen MR) is 54.2 cm³/mol. The van der Waals surface area contributed by atoms with E-state index in [9.17, 15) is 4.79 Å². The molecule has 0 aromatic heterocycles. The molecule has 1 unspecified atom stereocenters. The van der Waals surface area contributed by atoms with E-state index in [2.05, 4.69) is 18.4 Å². The number of aliphatic hydroxyl groups is 1. The minimum absolute atomic E-state index is 0.0671. The van der Waals surface area contributed by atoms with E-state index in [4.69, 9.17) is 15.3 Å². The summed E-state index contributed by atoms with van der Waals surface area (Å²) in [6.07, 6.45) is 0. The molecule has 14 heavy (non-hydrogen) atoms. The van der Waals surface area contributed by atoms with Gasteiger partial charge in [0, 0.05) is 0 Å². The number of aromatic carboxylic acids is 1. The van der Waals surface area contributed by atoms with E-state index in [1.54, 1.807) is 12.1 Å². The minimum atomic E-state index is -1.11. The van der Waals surface area contributed by atoms with Crippen molar-refractivity contribution in [3.05, 3.63) is 29.8 Å². The number of carboxylic acids is 1. The summed E-state index contributed by atoms with van der Waals surface area (Å²) in [5, 5.41) is 25.0. The van der Waals surface area contributed by atoms with Crippen LogP contribution in [0.2, 0.25) is 0 Å². The van der Waals surface area contributed by atoms with Crippen LogP contribution in [0.1, 0.15) is 10.4 Å². The number of benzene rings is 1. The van der Waals surface area contributed by atoms with Gasteiger partial charge >= 0.3 is 5.97 Å². The van der Waals surface area contributed by atoms with Crippen LogP contribution in [0, 0.1) is 0 Å². The highest BCUT2D eigenvalue weighted by Gasteiger charge is 2.05. The Morgan fingerprint density at radius 1 is 1.43 bits per heavy atom. The molecule has 0 aliphatic heterocycles. The molecule has 1 rings (SSSR count). The van der Waals surface area contributed by atoms with Gasteiger partial charge in [0.25, 0.3) is 0 Å². The van der Waals surface area contributed by atoms with Crippen LogP contribution in [0.3, 0.4) is 0 Å². The highest BCUT2D eigenvalue weighted by atomic mass is 32.1. The summed E-state index contributed by atoms with van der Waals surface area (Å²) in [5.41, 5.74) is 3.49. The number of nitrogens with two attached hydrogens (primary N) is 1. The summed E-state index contributed by atoms with van der Waals surface area (Å²) < 4.78 is 0. The number of carboxylic acid groups (broad SMARTS) is 1. The molecule has 0 saturated heterocycles. The predicted octanol–water partition coefficient (Wildman–Crippen LogP) is 0.241. The number of carbonyl (C=O) groups is 1. The largest absolute Gasteiger partial charge is 0.507 e. The number of aliphatic hydroxyl groups excluding tert-OH is 1.